The van der Waals surface area contributed by atoms with Gasteiger partial charge in [-0.15, -0.1) is 11.8 Å². The molecule has 1 unspecified atom stereocenters. The van der Waals surface area contributed by atoms with E-state index in [4.69, 9.17) is 15.2 Å². The van der Waals surface area contributed by atoms with Crippen LogP contribution in [0.3, 0.4) is 0 Å². The van der Waals surface area contributed by atoms with E-state index >= 15 is 0 Å². The van der Waals surface area contributed by atoms with Crippen molar-refractivity contribution in [2.24, 2.45) is 11.7 Å². The van der Waals surface area contributed by atoms with Gasteiger partial charge in [0.05, 0.1) is 6.61 Å². The van der Waals surface area contributed by atoms with Crippen molar-refractivity contribution in [2.45, 2.75) is 32.2 Å². The van der Waals surface area contributed by atoms with Gasteiger partial charge in [-0.2, -0.15) is 0 Å². The van der Waals surface area contributed by atoms with E-state index in [1.54, 1.807) is 0 Å². The van der Waals surface area contributed by atoms with Crippen LogP contribution in [0.2, 0.25) is 0 Å². The fourth-order valence-electron chi connectivity index (χ4n) is 2.18. The molecule has 2 rings (SSSR count). The number of carbonyl (C=O) groups is 3. The molecule has 0 aromatic heterocycles. The third-order valence-corrected chi connectivity index (χ3v) is 4.64. The Morgan fingerprint density at radius 3 is 2.68 bits per heavy atom. The minimum Gasteiger partial charge on any atom is -0.461 e. The van der Waals surface area contributed by atoms with Gasteiger partial charge < -0.3 is 15.2 Å². The van der Waals surface area contributed by atoms with Gasteiger partial charge >= 0.3 is 11.9 Å². The summed E-state index contributed by atoms with van der Waals surface area (Å²) in [5.74, 6) is -0.664. The lowest BCUT2D eigenvalue weighted by atomic mass is 10.0. The van der Waals surface area contributed by atoms with Crippen molar-refractivity contribution in [3.63, 3.8) is 0 Å². The second-order valence-corrected chi connectivity index (χ2v) is 6.77. The molecule has 0 aromatic carbocycles. The summed E-state index contributed by atoms with van der Waals surface area (Å²) in [7, 11) is 0. The number of nitrogens with two attached hydrogens (primary N) is 1. The summed E-state index contributed by atoms with van der Waals surface area (Å²) in [6.45, 7) is 5.37. The van der Waals surface area contributed by atoms with Crippen molar-refractivity contribution in [3.05, 3.63) is 11.3 Å². The minimum absolute atomic E-state index is 0.0276. The van der Waals surface area contributed by atoms with E-state index in [1.165, 1.54) is 23.6 Å². The van der Waals surface area contributed by atoms with Gasteiger partial charge in [-0.25, -0.2) is 4.79 Å². The smallest absolute Gasteiger partial charge is 0.355 e. The number of rotatable bonds is 5. The molecule has 1 saturated heterocycles. The lowest BCUT2D eigenvalue weighted by Gasteiger charge is -2.48. The molecule has 2 aliphatic rings. The van der Waals surface area contributed by atoms with E-state index in [0.717, 1.165) is 0 Å². The molecule has 122 valence electrons. The van der Waals surface area contributed by atoms with Gasteiger partial charge in [0.1, 0.15) is 23.7 Å². The van der Waals surface area contributed by atoms with Crippen molar-refractivity contribution < 1.29 is 23.9 Å². The SMILES string of the molecule is CC(=O)OCC1=C(C(=O)OCC(C)C)N2C(=O)[C@@H](N)C2SC1. The van der Waals surface area contributed by atoms with Gasteiger partial charge in [0, 0.05) is 18.2 Å². The largest absolute Gasteiger partial charge is 0.461 e. The first-order chi connectivity index (χ1) is 10.3. The summed E-state index contributed by atoms with van der Waals surface area (Å²) >= 11 is 1.45. The number of nitrogens with zero attached hydrogens (tertiary/aromatic N) is 1. The Bertz CT molecular complexity index is 531. The molecule has 8 heteroatoms. The second kappa shape index (κ2) is 6.70. The van der Waals surface area contributed by atoms with Crippen LogP contribution in [-0.4, -0.2) is 53.1 Å². The van der Waals surface area contributed by atoms with Crippen LogP contribution in [-0.2, 0) is 23.9 Å². The van der Waals surface area contributed by atoms with Crippen LogP contribution in [0, 0.1) is 5.92 Å². The Balaban J connectivity index is 2.22. The quantitative estimate of drug-likeness (QED) is 0.570. The molecule has 0 bridgehead atoms. The highest BCUT2D eigenvalue weighted by atomic mass is 32.2. The van der Waals surface area contributed by atoms with Crippen molar-refractivity contribution >= 4 is 29.6 Å². The molecule has 0 saturated carbocycles. The van der Waals surface area contributed by atoms with E-state index in [1.807, 2.05) is 13.8 Å². The van der Waals surface area contributed by atoms with Gasteiger partial charge in [0.25, 0.3) is 0 Å². The molecule has 1 amide bonds. The molecule has 2 N–H and O–H groups in total. The van der Waals surface area contributed by atoms with E-state index < -0.39 is 18.0 Å². The Kier molecular flexibility index (Phi) is 5.12. The highest BCUT2D eigenvalue weighted by molar-refractivity contribution is 8.00. The number of esters is 2. The second-order valence-electron chi connectivity index (χ2n) is 5.66. The summed E-state index contributed by atoms with van der Waals surface area (Å²) in [6, 6.07) is -0.604. The Hall–Kier alpha value is -1.54. The van der Waals surface area contributed by atoms with Crippen molar-refractivity contribution in [1.29, 1.82) is 0 Å². The monoisotopic (exact) mass is 328 g/mol. The normalized spacial score (nSPS) is 24.0. The summed E-state index contributed by atoms with van der Waals surface area (Å²) in [5.41, 5.74) is 6.51. The molecule has 7 nitrogen and oxygen atoms in total. The van der Waals surface area contributed by atoms with Gasteiger partial charge in [-0.05, 0) is 5.92 Å². The number of hydrogen-bond acceptors (Lipinski definition) is 7. The Morgan fingerprint density at radius 2 is 2.09 bits per heavy atom. The molecule has 2 atom stereocenters. The molecule has 2 heterocycles. The zero-order valence-electron chi connectivity index (χ0n) is 12.8. The molecule has 1 fully saturated rings. The molecule has 0 spiro atoms. The molecule has 22 heavy (non-hydrogen) atoms. The van der Waals surface area contributed by atoms with Crippen LogP contribution in [0.4, 0.5) is 0 Å². The van der Waals surface area contributed by atoms with E-state index in [2.05, 4.69) is 0 Å². The maximum atomic E-state index is 12.3. The van der Waals surface area contributed by atoms with E-state index in [9.17, 15) is 14.4 Å². The zero-order chi connectivity index (χ0) is 16.4. The summed E-state index contributed by atoms with van der Waals surface area (Å²) in [6.07, 6.45) is 0. The van der Waals surface area contributed by atoms with Crippen LogP contribution in [0.1, 0.15) is 20.8 Å². The van der Waals surface area contributed by atoms with Crippen LogP contribution >= 0.6 is 11.8 Å². The van der Waals surface area contributed by atoms with E-state index in [0.29, 0.717) is 11.3 Å². The van der Waals surface area contributed by atoms with Gasteiger partial charge in [0.2, 0.25) is 5.91 Å². The summed E-state index contributed by atoms with van der Waals surface area (Å²) in [4.78, 5) is 36.7. The third kappa shape index (κ3) is 3.27. The predicted octanol–water partition coefficient (Wildman–Crippen LogP) is 0.245. The first kappa shape index (κ1) is 16.8. The fourth-order valence-corrected chi connectivity index (χ4v) is 3.45. The lowest BCUT2D eigenvalue weighted by Crippen LogP contribution is -2.68. The molecule has 0 aromatic rings. The Morgan fingerprint density at radius 1 is 1.41 bits per heavy atom. The fraction of sp³-hybridized carbons (Fsp3) is 0.643. The first-order valence-electron chi connectivity index (χ1n) is 7.05. The van der Waals surface area contributed by atoms with Crippen LogP contribution in [0.25, 0.3) is 0 Å². The highest BCUT2D eigenvalue weighted by Crippen LogP contribution is 2.39. The lowest BCUT2D eigenvalue weighted by molar-refractivity contribution is -0.151. The number of amides is 1. The molecule has 0 aliphatic carbocycles. The predicted molar refractivity (Wildman–Crippen MR) is 80.5 cm³/mol. The standard InChI is InChI=1S/C14H20N2O5S/c1-7(2)4-21-14(19)11-9(5-20-8(3)17)6-22-13-10(15)12(18)16(11)13/h7,10,13H,4-6,15H2,1-3H3/t10-,13?/m1/s1. The molecular formula is C14H20N2O5S. The maximum Gasteiger partial charge on any atom is 0.355 e. The van der Waals surface area contributed by atoms with Crippen molar-refractivity contribution in [2.75, 3.05) is 19.0 Å². The summed E-state index contributed by atoms with van der Waals surface area (Å²) < 4.78 is 10.2. The van der Waals surface area contributed by atoms with Gasteiger partial charge in [-0.1, -0.05) is 13.8 Å². The van der Waals surface area contributed by atoms with Crippen LogP contribution in [0.15, 0.2) is 11.3 Å². The molecule has 0 radical (unpaired) electrons. The van der Waals surface area contributed by atoms with E-state index in [-0.39, 0.29) is 36.1 Å². The summed E-state index contributed by atoms with van der Waals surface area (Å²) in [5, 5.41) is -0.254. The number of fused-ring (bicyclic) bond motifs is 1. The van der Waals surface area contributed by atoms with Crippen molar-refractivity contribution in [1.82, 2.24) is 4.90 Å². The zero-order valence-corrected chi connectivity index (χ0v) is 13.6. The average Bonchev–Trinajstić information content (AvgIpc) is 2.48. The number of hydrogen-bond donors (Lipinski definition) is 1. The number of ether oxygens (including phenoxy) is 2. The van der Waals surface area contributed by atoms with Crippen LogP contribution in [0.5, 0.6) is 0 Å². The topological polar surface area (TPSA) is 98.9 Å². The molecular weight excluding hydrogens is 308 g/mol. The molecule has 2 aliphatic heterocycles. The minimum atomic E-state index is -0.604. The maximum absolute atomic E-state index is 12.3. The number of thioether (sulfide) groups is 1. The number of carbonyl (C=O) groups excluding carboxylic acids is 3. The Labute approximate surface area is 133 Å². The van der Waals surface area contributed by atoms with Gasteiger partial charge in [0.15, 0.2) is 0 Å². The van der Waals surface area contributed by atoms with Gasteiger partial charge in [-0.3, -0.25) is 14.5 Å². The van der Waals surface area contributed by atoms with Crippen LogP contribution < -0.4 is 5.73 Å². The van der Waals surface area contributed by atoms with Crippen molar-refractivity contribution in [3.8, 4) is 0 Å². The average molecular weight is 328 g/mol. The number of β-lactam (4-membered cyclic amide) rings is 1. The third-order valence-electron chi connectivity index (χ3n) is 3.28. The first-order valence-corrected chi connectivity index (χ1v) is 8.10. The highest BCUT2D eigenvalue weighted by Gasteiger charge is 2.52.